The molecule has 0 fully saturated rings. The molecule has 3 rings (SSSR count). The Labute approximate surface area is 175 Å². The van der Waals surface area contributed by atoms with E-state index in [1.54, 1.807) is 6.07 Å². The molecule has 0 radical (unpaired) electrons. The number of hydrogen-bond acceptors (Lipinski definition) is 3. The van der Waals surface area contributed by atoms with Crippen LogP contribution in [0, 0.1) is 27.7 Å². The topological polar surface area (TPSA) is 63.8 Å². The molecule has 0 aliphatic carbocycles. The Morgan fingerprint density at radius 1 is 1.03 bits per heavy atom. The highest BCUT2D eigenvalue weighted by molar-refractivity contribution is 6.32. The Balaban J connectivity index is 1.77. The smallest absolute Gasteiger partial charge is 0.336 e. The second-order valence-corrected chi connectivity index (χ2v) is 8.23. The summed E-state index contributed by atoms with van der Waals surface area (Å²) in [6, 6.07) is 9.18. The lowest BCUT2D eigenvalue weighted by Gasteiger charge is -2.17. The van der Waals surface area contributed by atoms with Gasteiger partial charge in [0.05, 0.1) is 7.05 Å². The summed E-state index contributed by atoms with van der Waals surface area (Å²) >= 11 is 6.26. The van der Waals surface area contributed by atoms with Gasteiger partial charge in [0, 0.05) is 27.7 Å². The summed E-state index contributed by atoms with van der Waals surface area (Å²) in [6.45, 7) is 8.67. The lowest BCUT2D eigenvalue weighted by molar-refractivity contribution is -0.885. The molecule has 1 atom stereocenters. The van der Waals surface area contributed by atoms with Crippen LogP contribution < -0.4 is 15.8 Å². The molecule has 152 valence electrons. The maximum atomic E-state index is 12.6. The lowest BCUT2D eigenvalue weighted by Crippen LogP contribution is -3.08. The summed E-state index contributed by atoms with van der Waals surface area (Å²) in [4.78, 5) is 25.5. The van der Waals surface area contributed by atoms with Gasteiger partial charge in [-0.25, -0.2) is 4.79 Å². The van der Waals surface area contributed by atoms with Gasteiger partial charge in [-0.05, 0) is 56.5 Å². The van der Waals surface area contributed by atoms with Crippen LogP contribution in [0.2, 0.25) is 5.02 Å². The number of hydrogen-bond donors (Lipinski definition) is 2. The van der Waals surface area contributed by atoms with E-state index < -0.39 is 5.63 Å². The van der Waals surface area contributed by atoms with Crippen molar-refractivity contribution in [2.24, 2.45) is 0 Å². The molecule has 2 aromatic carbocycles. The molecule has 1 amide bonds. The number of halogens is 1. The van der Waals surface area contributed by atoms with E-state index in [1.165, 1.54) is 11.6 Å². The second-order valence-electron chi connectivity index (χ2n) is 7.82. The maximum absolute atomic E-state index is 12.6. The fourth-order valence-corrected chi connectivity index (χ4v) is 3.88. The van der Waals surface area contributed by atoms with E-state index >= 15 is 0 Å². The molecule has 29 heavy (non-hydrogen) atoms. The van der Waals surface area contributed by atoms with E-state index in [0.717, 1.165) is 38.2 Å². The van der Waals surface area contributed by atoms with Crippen molar-refractivity contribution in [1.29, 1.82) is 0 Å². The number of fused-ring (bicyclic) bond motifs is 1. The first-order chi connectivity index (χ1) is 13.6. The third kappa shape index (κ3) is 4.86. The van der Waals surface area contributed by atoms with Gasteiger partial charge in [0.15, 0.2) is 6.54 Å². The van der Waals surface area contributed by atoms with Gasteiger partial charge in [0.1, 0.15) is 12.1 Å². The first kappa shape index (κ1) is 21.1. The summed E-state index contributed by atoms with van der Waals surface area (Å²) in [5.41, 5.74) is 5.89. The van der Waals surface area contributed by atoms with E-state index in [-0.39, 0.29) is 12.5 Å². The van der Waals surface area contributed by atoms with Gasteiger partial charge in [-0.1, -0.05) is 29.3 Å². The second kappa shape index (κ2) is 8.39. The van der Waals surface area contributed by atoms with Gasteiger partial charge in [0.2, 0.25) is 0 Å². The van der Waals surface area contributed by atoms with Gasteiger partial charge in [-0.3, -0.25) is 4.79 Å². The Kier molecular flexibility index (Phi) is 6.10. The molecule has 1 aromatic heterocycles. The Morgan fingerprint density at radius 3 is 2.34 bits per heavy atom. The SMILES string of the molecule is Cc1cc(C)c(NC(=O)C[NH+](C)Cc2cc(=O)oc3cc(C)c(Cl)cc23)c(C)c1. The van der Waals surface area contributed by atoms with E-state index in [2.05, 4.69) is 17.4 Å². The van der Waals surface area contributed by atoms with Crippen LogP contribution in [0.25, 0.3) is 11.0 Å². The number of likely N-dealkylation sites (N-methyl/N-ethyl adjacent to an activating group) is 1. The molecule has 0 saturated carbocycles. The largest absolute Gasteiger partial charge is 0.423 e. The van der Waals surface area contributed by atoms with Crippen molar-refractivity contribution in [3.8, 4) is 0 Å². The molecule has 6 heteroatoms. The van der Waals surface area contributed by atoms with Crippen LogP contribution in [0.1, 0.15) is 27.8 Å². The number of carbonyl (C=O) groups is 1. The molecule has 2 N–H and O–H groups in total. The zero-order valence-corrected chi connectivity index (χ0v) is 18.2. The lowest BCUT2D eigenvalue weighted by atomic mass is 10.1. The molecule has 0 spiro atoms. The molecule has 3 aromatic rings. The number of nitrogens with one attached hydrogen (secondary N) is 2. The average molecular weight is 414 g/mol. The number of rotatable bonds is 5. The van der Waals surface area contributed by atoms with Crippen LogP contribution in [0.4, 0.5) is 5.69 Å². The Bertz CT molecular complexity index is 1130. The molecule has 1 unspecified atom stereocenters. The molecule has 0 saturated heterocycles. The van der Waals surface area contributed by atoms with Gasteiger partial charge in [0.25, 0.3) is 5.91 Å². The zero-order valence-electron chi connectivity index (χ0n) is 17.4. The minimum absolute atomic E-state index is 0.0706. The Morgan fingerprint density at radius 2 is 1.69 bits per heavy atom. The molecule has 0 bridgehead atoms. The van der Waals surface area contributed by atoms with E-state index in [4.69, 9.17) is 16.0 Å². The molecule has 0 aliphatic heterocycles. The number of anilines is 1. The fraction of sp³-hybridized carbons (Fsp3) is 0.304. The first-order valence-electron chi connectivity index (χ1n) is 9.56. The third-order valence-electron chi connectivity index (χ3n) is 5.01. The summed E-state index contributed by atoms with van der Waals surface area (Å²) in [7, 11) is 1.92. The predicted molar refractivity (Wildman–Crippen MR) is 117 cm³/mol. The zero-order chi connectivity index (χ0) is 21.3. The van der Waals surface area contributed by atoms with Crippen molar-refractivity contribution in [2.75, 3.05) is 18.9 Å². The van der Waals surface area contributed by atoms with Crippen LogP contribution >= 0.6 is 11.6 Å². The Hall–Kier alpha value is -2.63. The highest BCUT2D eigenvalue weighted by atomic mass is 35.5. The van der Waals surface area contributed by atoms with Gasteiger partial charge in [-0.15, -0.1) is 0 Å². The normalized spacial score (nSPS) is 12.2. The summed E-state index contributed by atoms with van der Waals surface area (Å²) in [5.74, 6) is -0.0706. The van der Waals surface area contributed by atoms with Crippen molar-refractivity contribution < 1.29 is 14.1 Å². The molecular formula is C23H26ClN2O3+. The number of benzene rings is 2. The number of amides is 1. The van der Waals surface area contributed by atoms with Crippen LogP contribution in [0.5, 0.6) is 0 Å². The van der Waals surface area contributed by atoms with Gasteiger partial charge < -0.3 is 14.6 Å². The predicted octanol–water partition coefficient (Wildman–Crippen LogP) is 3.33. The summed E-state index contributed by atoms with van der Waals surface area (Å²) in [5, 5.41) is 4.44. The fourth-order valence-electron chi connectivity index (χ4n) is 3.72. The van der Waals surface area contributed by atoms with Crippen LogP contribution in [0.15, 0.2) is 39.5 Å². The number of aryl methyl sites for hydroxylation is 4. The minimum atomic E-state index is -0.405. The van der Waals surface area contributed by atoms with E-state index in [0.29, 0.717) is 17.2 Å². The average Bonchev–Trinajstić information content (AvgIpc) is 2.59. The summed E-state index contributed by atoms with van der Waals surface area (Å²) in [6.07, 6.45) is 0. The standard InChI is InChI=1S/C23H25ClN2O3/c1-13-6-15(3)23(16(4)7-13)25-21(27)12-26(5)11-17-9-22(28)29-20-8-14(2)19(24)10-18(17)20/h6-10H,11-12H2,1-5H3,(H,25,27)/p+1. The quantitative estimate of drug-likeness (QED) is 0.630. The maximum Gasteiger partial charge on any atom is 0.336 e. The molecule has 0 aliphatic rings. The van der Waals surface area contributed by atoms with Crippen LogP contribution in [-0.4, -0.2) is 19.5 Å². The van der Waals surface area contributed by atoms with Crippen LogP contribution in [-0.2, 0) is 11.3 Å². The number of carbonyl (C=O) groups excluding carboxylic acids is 1. The first-order valence-corrected chi connectivity index (χ1v) is 9.93. The third-order valence-corrected chi connectivity index (χ3v) is 5.41. The highest BCUT2D eigenvalue weighted by Crippen LogP contribution is 2.25. The van der Waals surface area contributed by atoms with Crippen molar-refractivity contribution in [3.63, 3.8) is 0 Å². The van der Waals surface area contributed by atoms with Crippen molar-refractivity contribution in [2.45, 2.75) is 34.2 Å². The van der Waals surface area contributed by atoms with Crippen LogP contribution in [0.3, 0.4) is 0 Å². The molecule has 5 nitrogen and oxygen atoms in total. The van der Waals surface area contributed by atoms with Gasteiger partial charge in [-0.2, -0.15) is 0 Å². The highest BCUT2D eigenvalue weighted by Gasteiger charge is 2.16. The van der Waals surface area contributed by atoms with E-state index in [1.807, 2.05) is 40.8 Å². The van der Waals surface area contributed by atoms with E-state index in [9.17, 15) is 9.59 Å². The monoisotopic (exact) mass is 413 g/mol. The minimum Gasteiger partial charge on any atom is -0.423 e. The van der Waals surface area contributed by atoms with Gasteiger partial charge >= 0.3 is 5.63 Å². The van der Waals surface area contributed by atoms with Crippen molar-refractivity contribution >= 4 is 34.2 Å². The summed E-state index contributed by atoms with van der Waals surface area (Å²) < 4.78 is 5.31. The molecular weight excluding hydrogens is 388 g/mol. The van der Waals surface area contributed by atoms with Crippen molar-refractivity contribution in [1.82, 2.24) is 0 Å². The van der Waals surface area contributed by atoms with Crippen molar-refractivity contribution in [3.05, 3.63) is 73.6 Å². The number of quaternary nitrogens is 1. The molecule has 1 heterocycles.